The summed E-state index contributed by atoms with van der Waals surface area (Å²) in [5.74, 6) is 0. The highest BCUT2D eigenvalue weighted by Crippen LogP contribution is 2.61. The van der Waals surface area contributed by atoms with E-state index in [-0.39, 0.29) is 5.41 Å². The third-order valence-corrected chi connectivity index (χ3v) is 11.8. The van der Waals surface area contributed by atoms with Gasteiger partial charge in [-0.15, -0.1) is 0 Å². The molecule has 2 aliphatic carbocycles. The van der Waals surface area contributed by atoms with Gasteiger partial charge in [0.05, 0.1) is 33.8 Å². The van der Waals surface area contributed by atoms with Crippen LogP contribution in [-0.4, -0.2) is 4.57 Å². The number of rotatable bonds is 1. The van der Waals surface area contributed by atoms with Gasteiger partial charge in [-0.2, -0.15) is 5.26 Å². The lowest BCUT2D eigenvalue weighted by Gasteiger charge is -2.39. The zero-order chi connectivity index (χ0) is 32.6. The van der Waals surface area contributed by atoms with E-state index >= 15 is 0 Å². The van der Waals surface area contributed by atoms with Gasteiger partial charge in [0.2, 0.25) is 0 Å². The predicted octanol–water partition coefficient (Wildman–Crippen LogP) is 11.3. The quantitative estimate of drug-likeness (QED) is 0.179. The van der Waals surface area contributed by atoms with Crippen molar-refractivity contribution < 1.29 is 0 Å². The van der Waals surface area contributed by atoms with Crippen molar-refractivity contribution in [1.82, 2.24) is 4.57 Å². The molecule has 1 aromatic heterocycles. The zero-order valence-electron chi connectivity index (χ0n) is 27.3. The van der Waals surface area contributed by atoms with E-state index in [0.29, 0.717) is 5.56 Å². The molecule has 1 spiro atoms. The average molecular weight is 623 g/mol. The lowest BCUT2D eigenvalue weighted by molar-refractivity contribution is 0.660. The van der Waals surface area contributed by atoms with Crippen molar-refractivity contribution in [2.45, 2.75) is 24.7 Å². The Bertz CT molecular complexity index is 2820. The van der Waals surface area contributed by atoms with E-state index in [1.54, 1.807) is 0 Å². The fourth-order valence-electron chi connectivity index (χ4n) is 9.73. The molecule has 228 valence electrons. The van der Waals surface area contributed by atoms with Gasteiger partial charge in [-0.05, 0) is 103 Å². The summed E-state index contributed by atoms with van der Waals surface area (Å²) in [6.07, 6.45) is 0. The SMILES string of the molecule is CC1(C)c2cc(C#N)ccc2-c2ccc(-c3ccc4c(c3)C3(c5ccccc5-4)c4ccccc4-n4c5ccccc5c5cccc3c54)cc21. The lowest BCUT2D eigenvalue weighted by Crippen LogP contribution is -2.33. The smallest absolute Gasteiger partial charge is 0.0991 e. The van der Waals surface area contributed by atoms with Crippen LogP contribution in [0.15, 0.2) is 146 Å². The van der Waals surface area contributed by atoms with Gasteiger partial charge in [0.15, 0.2) is 0 Å². The largest absolute Gasteiger partial charge is 0.309 e. The summed E-state index contributed by atoms with van der Waals surface area (Å²) in [6, 6.07) is 56.5. The van der Waals surface area contributed by atoms with Gasteiger partial charge in [-0.25, -0.2) is 0 Å². The molecule has 0 fully saturated rings. The molecule has 2 heterocycles. The molecule has 0 bridgehead atoms. The van der Waals surface area contributed by atoms with Crippen LogP contribution in [0.1, 0.15) is 52.8 Å². The van der Waals surface area contributed by atoms with Gasteiger partial charge < -0.3 is 4.57 Å². The molecular weight excluding hydrogens is 593 g/mol. The molecule has 1 unspecified atom stereocenters. The maximum atomic E-state index is 9.64. The second-order valence-corrected chi connectivity index (χ2v) is 14.4. The summed E-state index contributed by atoms with van der Waals surface area (Å²) < 4.78 is 2.50. The fourth-order valence-corrected chi connectivity index (χ4v) is 9.73. The number of aromatic nitrogens is 1. The minimum atomic E-state index is -0.470. The van der Waals surface area contributed by atoms with E-state index in [1.807, 2.05) is 6.07 Å². The molecule has 1 aliphatic heterocycles. The second kappa shape index (κ2) is 9.04. The lowest BCUT2D eigenvalue weighted by atomic mass is 9.65. The van der Waals surface area contributed by atoms with Gasteiger partial charge in [0.25, 0.3) is 0 Å². The molecule has 0 N–H and O–H groups in total. The van der Waals surface area contributed by atoms with Crippen molar-refractivity contribution in [3.63, 3.8) is 0 Å². The summed E-state index contributed by atoms with van der Waals surface area (Å²) in [7, 11) is 0. The van der Waals surface area contributed by atoms with Crippen molar-refractivity contribution in [1.29, 1.82) is 5.26 Å². The van der Waals surface area contributed by atoms with Crippen LogP contribution in [-0.2, 0) is 10.8 Å². The van der Waals surface area contributed by atoms with Gasteiger partial charge >= 0.3 is 0 Å². The summed E-state index contributed by atoms with van der Waals surface area (Å²) in [6.45, 7) is 4.57. The van der Waals surface area contributed by atoms with Crippen LogP contribution in [0.5, 0.6) is 0 Å². The van der Waals surface area contributed by atoms with Crippen molar-refractivity contribution >= 4 is 21.8 Å². The van der Waals surface area contributed by atoms with E-state index in [2.05, 4.69) is 164 Å². The number of para-hydroxylation sites is 3. The van der Waals surface area contributed by atoms with Crippen LogP contribution in [0, 0.1) is 11.3 Å². The summed E-state index contributed by atoms with van der Waals surface area (Å²) in [5, 5.41) is 12.2. The van der Waals surface area contributed by atoms with Crippen molar-refractivity contribution in [2.75, 3.05) is 0 Å². The normalized spacial score (nSPS) is 17.0. The highest BCUT2D eigenvalue weighted by molar-refractivity contribution is 6.12. The monoisotopic (exact) mass is 622 g/mol. The van der Waals surface area contributed by atoms with Crippen LogP contribution < -0.4 is 0 Å². The van der Waals surface area contributed by atoms with E-state index in [9.17, 15) is 5.26 Å². The Kier molecular flexibility index (Phi) is 4.95. The first kappa shape index (κ1) is 26.9. The topological polar surface area (TPSA) is 28.7 Å². The highest BCUT2D eigenvalue weighted by Gasteiger charge is 2.51. The molecule has 49 heavy (non-hydrogen) atoms. The molecule has 2 heteroatoms. The summed E-state index contributed by atoms with van der Waals surface area (Å²) >= 11 is 0. The average Bonchev–Trinajstić information content (AvgIpc) is 3.72. The van der Waals surface area contributed by atoms with Gasteiger partial charge in [-0.3, -0.25) is 0 Å². The summed E-state index contributed by atoms with van der Waals surface area (Å²) in [5.41, 5.74) is 19.2. The highest BCUT2D eigenvalue weighted by atomic mass is 15.0. The van der Waals surface area contributed by atoms with Crippen LogP contribution in [0.25, 0.3) is 60.9 Å². The Hall–Kier alpha value is -6.17. The first-order valence-corrected chi connectivity index (χ1v) is 17.1. The molecule has 8 aromatic rings. The molecule has 0 radical (unpaired) electrons. The molecule has 7 aromatic carbocycles. The maximum Gasteiger partial charge on any atom is 0.0991 e. The van der Waals surface area contributed by atoms with Gasteiger partial charge in [0, 0.05) is 16.2 Å². The van der Waals surface area contributed by atoms with Crippen LogP contribution in [0.3, 0.4) is 0 Å². The molecule has 0 saturated heterocycles. The third-order valence-electron chi connectivity index (χ3n) is 11.8. The van der Waals surface area contributed by atoms with Crippen molar-refractivity contribution in [3.8, 4) is 45.1 Å². The molecular formula is C47H30N2. The summed E-state index contributed by atoms with van der Waals surface area (Å²) in [4.78, 5) is 0. The van der Waals surface area contributed by atoms with Crippen LogP contribution in [0.2, 0.25) is 0 Å². The number of benzene rings is 7. The minimum Gasteiger partial charge on any atom is -0.309 e. The first-order chi connectivity index (χ1) is 24.0. The first-order valence-electron chi connectivity index (χ1n) is 17.1. The van der Waals surface area contributed by atoms with E-state index in [1.165, 1.54) is 94.3 Å². The maximum absolute atomic E-state index is 9.64. The molecule has 0 saturated carbocycles. The fraction of sp³-hybridized carbons (Fsp3) is 0.0851. The predicted molar refractivity (Wildman–Crippen MR) is 199 cm³/mol. The van der Waals surface area contributed by atoms with Crippen LogP contribution >= 0.6 is 0 Å². The molecule has 0 amide bonds. The van der Waals surface area contributed by atoms with Crippen molar-refractivity contribution in [2.24, 2.45) is 0 Å². The van der Waals surface area contributed by atoms with E-state index in [0.717, 1.165) is 0 Å². The van der Waals surface area contributed by atoms with Gasteiger partial charge in [0.1, 0.15) is 0 Å². The Morgan fingerprint density at radius 1 is 0.490 bits per heavy atom. The number of hydrogen-bond donors (Lipinski definition) is 0. The molecule has 11 rings (SSSR count). The Morgan fingerprint density at radius 2 is 1.08 bits per heavy atom. The molecule has 3 aliphatic rings. The van der Waals surface area contributed by atoms with Crippen molar-refractivity contribution in [3.05, 3.63) is 185 Å². The Balaban J connectivity index is 1.20. The van der Waals surface area contributed by atoms with E-state index in [4.69, 9.17) is 0 Å². The van der Waals surface area contributed by atoms with E-state index < -0.39 is 5.41 Å². The number of fused-ring (bicyclic) bond motifs is 15. The zero-order valence-corrected chi connectivity index (χ0v) is 27.3. The number of nitrogens with zero attached hydrogens (tertiary/aromatic N) is 2. The second-order valence-electron chi connectivity index (χ2n) is 14.4. The number of nitriles is 1. The standard InChI is InChI=1S/C47H30N2/c1-46(2)40-24-28(27-48)18-21-32(40)33-22-19-29(25-41(33)46)30-20-23-34-31-10-3-5-13-37(31)47(42(34)26-30)38-14-6-8-17-44(38)49-43-16-7-4-11-35(43)36-12-9-15-39(47)45(36)49/h3-26H,1-2H3. The van der Waals surface area contributed by atoms with Crippen LogP contribution in [0.4, 0.5) is 0 Å². The molecule has 2 nitrogen and oxygen atoms in total. The van der Waals surface area contributed by atoms with Gasteiger partial charge in [-0.1, -0.05) is 123 Å². The Labute approximate surface area is 285 Å². The third kappa shape index (κ3) is 3.12. The minimum absolute atomic E-state index is 0.201. The number of hydrogen-bond acceptors (Lipinski definition) is 1. The molecule has 1 atom stereocenters. The Morgan fingerprint density at radius 3 is 1.90 bits per heavy atom.